The number of nitrogens with zero attached hydrogens (tertiary/aromatic N) is 3. The lowest BCUT2D eigenvalue weighted by molar-refractivity contribution is 0.0668. The summed E-state index contributed by atoms with van der Waals surface area (Å²) in [5.74, 6) is 0.0696. The van der Waals surface area contributed by atoms with Gasteiger partial charge in [-0.05, 0) is 25.5 Å². The average molecular weight is 362 g/mol. The van der Waals surface area contributed by atoms with Crippen LogP contribution in [0.1, 0.15) is 18.9 Å². The smallest absolute Gasteiger partial charge is 0.264 e. The quantitative estimate of drug-likeness (QED) is 0.874. The minimum Gasteiger partial charge on any atom is -0.377 e. The first-order chi connectivity index (χ1) is 12.0. The Bertz CT molecular complexity index is 781. The highest BCUT2D eigenvalue weighted by molar-refractivity contribution is 7.92. The van der Waals surface area contributed by atoms with E-state index in [2.05, 4.69) is 26.5 Å². The predicted octanol–water partition coefficient (Wildman–Crippen LogP) is 1.89. The van der Waals surface area contributed by atoms with Crippen LogP contribution in [-0.2, 0) is 21.3 Å². The molecule has 8 heteroatoms. The van der Waals surface area contributed by atoms with Gasteiger partial charge in [-0.25, -0.2) is 23.1 Å². The molecule has 0 bridgehead atoms. The molecule has 1 unspecified atom stereocenters. The van der Waals surface area contributed by atoms with E-state index in [0.717, 1.165) is 38.2 Å². The normalized spacial score (nSPS) is 19.3. The van der Waals surface area contributed by atoms with Crippen molar-refractivity contribution in [2.24, 2.45) is 0 Å². The Hall–Kier alpha value is -2.03. The third kappa shape index (κ3) is 4.97. The van der Waals surface area contributed by atoms with E-state index in [1.807, 2.05) is 0 Å². The third-order valence-corrected chi connectivity index (χ3v) is 5.27. The second kappa shape index (κ2) is 7.90. The Kier molecular flexibility index (Phi) is 5.62. The Morgan fingerprint density at radius 2 is 1.96 bits per heavy atom. The number of benzene rings is 1. The average Bonchev–Trinajstić information content (AvgIpc) is 2.81. The molecule has 1 N–H and O–H groups in total. The van der Waals surface area contributed by atoms with Crippen LogP contribution in [0.2, 0.25) is 0 Å². The summed E-state index contributed by atoms with van der Waals surface area (Å²) in [6, 6.07) is 8.16. The fraction of sp³-hybridized carbons (Fsp3) is 0.412. The molecule has 1 aromatic heterocycles. The fourth-order valence-electron chi connectivity index (χ4n) is 2.75. The summed E-state index contributed by atoms with van der Waals surface area (Å²) in [7, 11) is -3.67. The molecule has 0 amide bonds. The zero-order valence-electron chi connectivity index (χ0n) is 14.1. The Morgan fingerprint density at radius 1 is 1.24 bits per heavy atom. The molecule has 1 aliphatic rings. The SMILES string of the molecule is CC1CN(Cc2cnc(NS(=O)(=O)c3ccccc3)nc2)CCCO1. The first-order valence-corrected chi connectivity index (χ1v) is 9.74. The number of aromatic nitrogens is 2. The highest BCUT2D eigenvalue weighted by Gasteiger charge is 2.17. The van der Waals surface area contributed by atoms with E-state index in [0.29, 0.717) is 0 Å². The molecule has 2 aromatic rings. The first kappa shape index (κ1) is 17.8. The number of ether oxygens (including phenoxy) is 1. The maximum absolute atomic E-state index is 12.3. The van der Waals surface area contributed by atoms with Gasteiger partial charge in [0.05, 0.1) is 11.0 Å². The molecule has 1 aliphatic heterocycles. The van der Waals surface area contributed by atoms with Gasteiger partial charge in [0.1, 0.15) is 0 Å². The van der Waals surface area contributed by atoms with Gasteiger partial charge >= 0.3 is 0 Å². The largest absolute Gasteiger partial charge is 0.377 e. The van der Waals surface area contributed by atoms with Gasteiger partial charge in [-0.1, -0.05) is 18.2 Å². The zero-order valence-corrected chi connectivity index (χ0v) is 14.9. The number of anilines is 1. The van der Waals surface area contributed by atoms with Crippen molar-refractivity contribution >= 4 is 16.0 Å². The van der Waals surface area contributed by atoms with E-state index < -0.39 is 10.0 Å². The summed E-state index contributed by atoms with van der Waals surface area (Å²) in [6.45, 7) is 5.40. The summed E-state index contributed by atoms with van der Waals surface area (Å²) < 4.78 is 32.6. The van der Waals surface area contributed by atoms with Gasteiger partial charge in [0, 0.05) is 44.2 Å². The molecule has 1 saturated heterocycles. The molecule has 1 fully saturated rings. The monoisotopic (exact) mass is 362 g/mol. The lowest BCUT2D eigenvalue weighted by Gasteiger charge is -2.21. The van der Waals surface area contributed by atoms with E-state index >= 15 is 0 Å². The van der Waals surface area contributed by atoms with Crippen LogP contribution < -0.4 is 4.72 Å². The van der Waals surface area contributed by atoms with Gasteiger partial charge in [-0.3, -0.25) is 4.90 Å². The molecule has 7 nitrogen and oxygen atoms in total. The van der Waals surface area contributed by atoms with Crippen molar-refractivity contribution in [1.82, 2.24) is 14.9 Å². The van der Waals surface area contributed by atoms with Crippen molar-refractivity contribution < 1.29 is 13.2 Å². The highest BCUT2D eigenvalue weighted by Crippen LogP contribution is 2.13. The summed E-state index contributed by atoms with van der Waals surface area (Å²) in [5.41, 5.74) is 0.941. The van der Waals surface area contributed by atoms with Gasteiger partial charge < -0.3 is 4.74 Å². The molecule has 134 valence electrons. The second-order valence-electron chi connectivity index (χ2n) is 6.10. The van der Waals surface area contributed by atoms with Crippen LogP contribution in [0.15, 0.2) is 47.6 Å². The molecule has 2 heterocycles. The maximum atomic E-state index is 12.3. The van der Waals surface area contributed by atoms with E-state index in [9.17, 15) is 8.42 Å². The minimum atomic E-state index is -3.67. The van der Waals surface area contributed by atoms with Crippen LogP contribution >= 0.6 is 0 Å². The molecule has 3 rings (SSSR count). The van der Waals surface area contributed by atoms with Crippen LogP contribution in [-0.4, -0.2) is 49.1 Å². The summed E-state index contributed by atoms with van der Waals surface area (Å²) in [6.07, 6.45) is 4.53. The predicted molar refractivity (Wildman–Crippen MR) is 94.6 cm³/mol. The topological polar surface area (TPSA) is 84.4 Å². The number of hydrogen-bond donors (Lipinski definition) is 1. The van der Waals surface area contributed by atoms with Crippen molar-refractivity contribution in [3.05, 3.63) is 48.3 Å². The van der Waals surface area contributed by atoms with E-state index in [1.165, 1.54) is 12.1 Å². The van der Waals surface area contributed by atoms with Crippen molar-refractivity contribution in [2.45, 2.75) is 30.9 Å². The van der Waals surface area contributed by atoms with Crippen LogP contribution in [0.5, 0.6) is 0 Å². The van der Waals surface area contributed by atoms with Crippen LogP contribution in [0.4, 0.5) is 5.95 Å². The van der Waals surface area contributed by atoms with Crippen molar-refractivity contribution in [3.8, 4) is 0 Å². The van der Waals surface area contributed by atoms with Crippen molar-refractivity contribution in [1.29, 1.82) is 0 Å². The van der Waals surface area contributed by atoms with Gasteiger partial charge in [0.25, 0.3) is 10.0 Å². The number of nitrogens with one attached hydrogen (secondary N) is 1. The van der Waals surface area contributed by atoms with Crippen LogP contribution in [0, 0.1) is 0 Å². The van der Waals surface area contributed by atoms with Gasteiger partial charge in [-0.15, -0.1) is 0 Å². The van der Waals surface area contributed by atoms with Gasteiger partial charge in [0.2, 0.25) is 5.95 Å². The van der Waals surface area contributed by atoms with Crippen molar-refractivity contribution in [3.63, 3.8) is 0 Å². The molecule has 1 atom stereocenters. The number of sulfonamides is 1. The highest BCUT2D eigenvalue weighted by atomic mass is 32.2. The lowest BCUT2D eigenvalue weighted by atomic mass is 10.2. The van der Waals surface area contributed by atoms with Crippen molar-refractivity contribution in [2.75, 3.05) is 24.4 Å². The number of hydrogen-bond acceptors (Lipinski definition) is 6. The van der Waals surface area contributed by atoms with Crippen LogP contribution in [0.25, 0.3) is 0 Å². The standard InChI is InChI=1S/C17H22N4O3S/c1-14-12-21(8-5-9-24-14)13-15-10-18-17(19-11-15)20-25(22,23)16-6-3-2-4-7-16/h2-4,6-7,10-11,14H,5,8-9,12-13H2,1H3,(H,18,19,20). The zero-order chi connectivity index (χ0) is 17.7. The lowest BCUT2D eigenvalue weighted by Crippen LogP contribution is -2.29. The second-order valence-corrected chi connectivity index (χ2v) is 7.79. The molecule has 0 radical (unpaired) electrons. The molecular weight excluding hydrogens is 340 g/mol. The van der Waals surface area contributed by atoms with E-state index in [-0.39, 0.29) is 16.9 Å². The molecule has 0 spiro atoms. The summed E-state index contributed by atoms with van der Waals surface area (Å²) in [5, 5.41) is 0. The summed E-state index contributed by atoms with van der Waals surface area (Å²) in [4.78, 5) is 10.8. The molecule has 25 heavy (non-hydrogen) atoms. The maximum Gasteiger partial charge on any atom is 0.264 e. The van der Waals surface area contributed by atoms with E-state index in [1.54, 1.807) is 30.6 Å². The first-order valence-electron chi connectivity index (χ1n) is 8.26. The molecule has 0 aliphatic carbocycles. The Balaban J connectivity index is 1.64. The van der Waals surface area contributed by atoms with Gasteiger partial charge in [-0.2, -0.15) is 0 Å². The third-order valence-electron chi connectivity index (χ3n) is 3.93. The Labute approximate surface area is 148 Å². The Morgan fingerprint density at radius 3 is 2.68 bits per heavy atom. The minimum absolute atomic E-state index is 0.0696. The van der Waals surface area contributed by atoms with E-state index in [4.69, 9.17) is 4.74 Å². The molecular formula is C17H22N4O3S. The van der Waals surface area contributed by atoms with Gasteiger partial charge in [0.15, 0.2) is 0 Å². The van der Waals surface area contributed by atoms with Crippen LogP contribution in [0.3, 0.4) is 0 Å². The fourth-order valence-corrected chi connectivity index (χ4v) is 3.73. The molecule has 0 saturated carbocycles. The number of rotatable bonds is 5. The summed E-state index contributed by atoms with van der Waals surface area (Å²) >= 11 is 0. The molecule has 1 aromatic carbocycles.